The summed E-state index contributed by atoms with van der Waals surface area (Å²) in [5.41, 5.74) is 1.02. The Labute approximate surface area is 122 Å². The molecule has 1 rings (SSSR count). The fraction of sp³-hybridized carbons (Fsp3) is 0.500. The van der Waals surface area contributed by atoms with Gasteiger partial charge in [-0.15, -0.1) is 0 Å². The van der Waals surface area contributed by atoms with E-state index in [1.165, 1.54) is 0 Å². The standard InChI is InChI=1S/C14H20BrNO3/c1-3-14(18)16-8-10(9-17)6-11-7-12(15)4-5-13(11)19-2/h4-5,7,10,17H,3,6,8-9H2,1-2H3,(H,16,18)/t10-/m0/s1. The summed E-state index contributed by atoms with van der Waals surface area (Å²) in [5, 5.41) is 12.2. The predicted molar refractivity (Wildman–Crippen MR) is 78.3 cm³/mol. The molecule has 5 heteroatoms. The van der Waals surface area contributed by atoms with Crippen LogP contribution in [-0.4, -0.2) is 31.3 Å². The van der Waals surface area contributed by atoms with Crippen LogP contribution in [0.5, 0.6) is 5.75 Å². The van der Waals surface area contributed by atoms with Crippen molar-refractivity contribution in [1.29, 1.82) is 0 Å². The number of hydrogen-bond donors (Lipinski definition) is 2. The van der Waals surface area contributed by atoms with Gasteiger partial charge in [-0.3, -0.25) is 4.79 Å². The molecule has 0 saturated heterocycles. The number of hydrogen-bond acceptors (Lipinski definition) is 3. The second-order valence-corrected chi connectivity index (χ2v) is 5.28. The van der Waals surface area contributed by atoms with Gasteiger partial charge in [0, 0.05) is 30.0 Å². The monoisotopic (exact) mass is 329 g/mol. The average Bonchev–Trinajstić information content (AvgIpc) is 2.43. The van der Waals surface area contributed by atoms with E-state index >= 15 is 0 Å². The lowest BCUT2D eigenvalue weighted by Gasteiger charge is -2.17. The minimum absolute atomic E-state index is 0.000317. The van der Waals surface area contributed by atoms with E-state index in [0.29, 0.717) is 19.4 Å². The topological polar surface area (TPSA) is 58.6 Å². The maximum Gasteiger partial charge on any atom is 0.219 e. The predicted octanol–water partition coefficient (Wildman–Crippen LogP) is 2.13. The minimum Gasteiger partial charge on any atom is -0.496 e. The van der Waals surface area contributed by atoms with Gasteiger partial charge >= 0.3 is 0 Å². The fourth-order valence-corrected chi connectivity index (χ4v) is 2.21. The second-order valence-electron chi connectivity index (χ2n) is 4.37. The number of ether oxygens (including phenoxy) is 1. The fourth-order valence-electron chi connectivity index (χ4n) is 1.80. The normalized spacial score (nSPS) is 12.0. The Hall–Kier alpha value is -1.07. The number of aliphatic hydroxyl groups excluding tert-OH is 1. The van der Waals surface area contributed by atoms with Crippen molar-refractivity contribution in [3.63, 3.8) is 0 Å². The quantitative estimate of drug-likeness (QED) is 0.805. The van der Waals surface area contributed by atoms with Gasteiger partial charge in [-0.2, -0.15) is 0 Å². The van der Waals surface area contributed by atoms with E-state index in [1.807, 2.05) is 18.2 Å². The molecule has 1 amide bonds. The number of benzene rings is 1. The van der Waals surface area contributed by atoms with Crippen molar-refractivity contribution in [2.45, 2.75) is 19.8 Å². The summed E-state index contributed by atoms with van der Waals surface area (Å²) >= 11 is 3.42. The number of carbonyl (C=O) groups excluding carboxylic acids is 1. The summed E-state index contributed by atoms with van der Waals surface area (Å²) in [6, 6.07) is 5.77. The van der Waals surface area contributed by atoms with Crippen molar-refractivity contribution in [1.82, 2.24) is 5.32 Å². The van der Waals surface area contributed by atoms with E-state index in [0.717, 1.165) is 15.8 Å². The van der Waals surface area contributed by atoms with Crippen molar-refractivity contribution in [2.75, 3.05) is 20.3 Å². The third kappa shape index (κ3) is 5.20. The number of amides is 1. The van der Waals surface area contributed by atoms with Crippen molar-refractivity contribution >= 4 is 21.8 Å². The van der Waals surface area contributed by atoms with Crippen molar-refractivity contribution in [2.24, 2.45) is 5.92 Å². The van der Waals surface area contributed by atoms with E-state index in [9.17, 15) is 9.90 Å². The molecule has 4 nitrogen and oxygen atoms in total. The van der Waals surface area contributed by atoms with E-state index < -0.39 is 0 Å². The van der Waals surface area contributed by atoms with Crippen LogP contribution in [0, 0.1) is 5.92 Å². The first-order valence-corrected chi connectivity index (χ1v) is 7.10. The van der Waals surface area contributed by atoms with Crippen LogP contribution >= 0.6 is 15.9 Å². The number of methoxy groups -OCH3 is 1. The van der Waals surface area contributed by atoms with Crippen molar-refractivity contribution in [3.8, 4) is 5.75 Å². The first-order chi connectivity index (χ1) is 9.10. The number of rotatable bonds is 7. The molecular formula is C14H20BrNO3. The third-order valence-corrected chi connectivity index (χ3v) is 3.41. The van der Waals surface area contributed by atoms with E-state index in [-0.39, 0.29) is 18.4 Å². The third-order valence-electron chi connectivity index (χ3n) is 2.92. The second kappa shape index (κ2) is 8.17. The van der Waals surface area contributed by atoms with Crippen LogP contribution in [0.15, 0.2) is 22.7 Å². The van der Waals surface area contributed by atoms with E-state index in [4.69, 9.17) is 4.74 Å². The highest BCUT2D eigenvalue weighted by Crippen LogP contribution is 2.25. The molecule has 0 fully saturated rings. The summed E-state index contributed by atoms with van der Waals surface area (Å²) in [6.07, 6.45) is 1.11. The van der Waals surface area contributed by atoms with Crippen LogP contribution in [0.3, 0.4) is 0 Å². The smallest absolute Gasteiger partial charge is 0.219 e. The molecule has 0 aliphatic carbocycles. The Morgan fingerprint density at radius 2 is 2.26 bits per heavy atom. The Morgan fingerprint density at radius 3 is 2.84 bits per heavy atom. The maximum absolute atomic E-state index is 11.2. The van der Waals surface area contributed by atoms with Gasteiger partial charge in [0.25, 0.3) is 0 Å². The van der Waals surface area contributed by atoms with Crippen molar-refractivity contribution < 1.29 is 14.6 Å². The van der Waals surface area contributed by atoms with Gasteiger partial charge in [0.1, 0.15) is 5.75 Å². The molecule has 0 aliphatic heterocycles. The molecule has 0 heterocycles. The largest absolute Gasteiger partial charge is 0.496 e. The summed E-state index contributed by atoms with van der Waals surface area (Å²) in [4.78, 5) is 11.2. The first kappa shape index (κ1) is 16.0. The van der Waals surface area contributed by atoms with Crippen LogP contribution in [0.1, 0.15) is 18.9 Å². The highest BCUT2D eigenvalue weighted by molar-refractivity contribution is 9.10. The molecule has 1 aromatic rings. The van der Waals surface area contributed by atoms with Gasteiger partial charge < -0.3 is 15.2 Å². The van der Waals surface area contributed by atoms with Crippen LogP contribution in [0.2, 0.25) is 0 Å². The highest BCUT2D eigenvalue weighted by atomic mass is 79.9. The molecule has 1 aromatic carbocycles. The molecule has 0 saturated carbocycles. The van der Waals surface area contributed by atoms with Gasteiger partial charge in [-0.1, -0.05) is 22.9 Å². The van der Waals surface area contributed by atoms with E-state index in [1.54, 1.807) is 14.0 Å². The lowest BCUT2D eigenvalue weighted by atomic mass is 9.99. The number of nitrogens with one attached hydrogen (secondary N) is 1. The van der Waals surface area contributed by atoms with Crippen LogP contribution in [0.4, 0.5) is 0 Å². The molecule has 0 spiro atoms. The summed E-state index contributed by atoms with van der Waals surface area (Å²) in [6.45, 7) is 2.30. The number of aliphatic hydroxyl groups is 1. The SMILES string of the molecule is CCC(=O)NC[C@@H](CO)Cc1cc(Br)ccc1OC. The van der Waals surface area contributed by atoms with Gasteiger partial charge in [0.2, 0.25) is 5.91 Å². The van der Waals surface area contributed by atoms with Crippen LogP contribution in [0.25, 0.3) is 0 Å². The summed E-state index contributed by atoms with van der Waals surface area (Å²) < 4.78 is 6.27. The highest BCUT2D eigenvalue weighted by Gasteiger charge is 2.13. The zero-order valence-corrected chi connectivity index (χ0v) is 12.9. The van der Waals surface area contributed by atoms with Gasteiger partial charge in [-0.05, 0) is 30.2 Å². The number of carbonyl (C=O) groups is 1. The average molecular weight is 330 g/mol. The molecule has 0 bridgehead atoms. The molecule has 0 aliphatic rings. The Bertz CT molecular complexity index is 423. The molecular weight excluding hydrogens is 310 g/mol. The molecule has 0 radical (unpaired) electrons. The lowest BCUT2D eigenvalue weighted by molar-refractivity contribution is -0.121. The van der Waals surface area contributed by atoms with Crippen LogP contribution < -0.4 is 10.1 Å². The maximum atomic E-state index is 11.2. The van der Waals surface area contributed by atoms with Gasteiger partial charge in [-0.25, -0.2) is 0 Å². The molecule has 19 heavy (non-hydrogen) atoms. The first-order valence-electron chi connectivity index (χ1n) is 6.30. The summed E-state index contributed by atoms with van der Waals surface area (Å²) in [7, 11) is 1.62. The van der Waals surface area contributed by atoms with Crippen LogP contribution in [-0.2, 0) is 11.2 Å². The zero-order valence-electron chi connectivity index (χ0n) is 11.3. The Morgan fingerprint density at radius 1 is 1.53 bits per heavy atom. The summed E-state index contributed by atoms with van der Waals surface area (Å²) in [5.74, 6) is 0.779. The molecule has 2 N–H and O–H groups in total. The van der Waals surface area contributed by atoms with Gasteiger partial charge in [0.15, 0.2) is 0 Å². The van der Waals surface area contributed by atoms with Crippen molar-refractivity contribution in [3.05, 3.63) is 28.2 Å². The Kier molecular flexibility index (Phi) is 6.87. The zero-order chi connectivity index (χ0) is 14.3. The molecule has 0 unspecified atom stereocenters. The molecule has 1 atom stereocenters. The molecule has 106 valence electrons. The lowest BCUT2D eigenvalue weighted by Crippen LogP contribution is -2.31. The number of halogens is 1. The Balaban J connectivity index is 2.69. The molecule has 0 aromatic heterocycles. The van der Waals surface area contributed by atoms with Gasteiger partial charge in [0.05, 0.1) is 7.11 Å². The minimum atomic E-state index is -0.0151. The van der Waals surface area contributed by atoms with E-state index in [2.05, 4.69) is 21.2 Å².